The lowest BCUT2D eigenvalue weighted by Crippen LogP contribution is -2.50. The van der Waals surface area contributed by atoms with Crippen molar-refractivity contribution < 1.29 is 8.42 Å². The van der Waals surface area contributed by atoms with Gasteiger partial charge in [0.1, 0.15) is 0 Å². The first-order chi connectivity index (χ1) is 13.5. The van der Waals surface area contributed by atoms with Gasteiger partial charge < -0.3 is 15.5 Å². The van der Waals surface area contributed by atoms with Crippen molar-refractivity contribution in [3.05, 3.63) is 0 Å². The van der Waals surface area contributed by atoms with Crippen LogP contribution in [0.2, 0.25) is 0 Å². The Labute approximate surface area is 195 Å². The summed E-state index contributed by atoms with van der Waals surface area (Å²) in [7, 11) is -1.46. The Hall–Kier alpha value is -0.130. The van der Waals surface area contributed by atoms with Crippen LogP contribution in [0, 0.1) is 5.92 Å². The molecule has 0 radical (unpaired) electrons. The van der Waals surface area contributed by atoms with Crippen molar-refractivity contribution in [3.63, 3.8) is 0 Å². The van der Waals surface area contributed by atoms with Gasteiger partial charge in [0.25, 0.3) is 0 Å². The van der Waals surface area contributed by atoms with Crippen molar-refractivity contribution in [1.29, 1.82) is 0 Å². The summed E-state index contributed by atoms with van der Waals surface area (Å²) in [5.74, 6) is 1.70. The minimum absolute atomic E-state index is 0. The molecular weight excluding hydrogens is 501 g/mol. The molecule has 2 fully saturated rings. The molecule has 1 aliphatic carbocycles. The monoisotopic (exact) mass is 543 g/mol. The highest BCUT2D eigenvalue weighted by atomic mass is 127. The van der Waals surface area contributed by atoms with Crippen molar-refractivity contribution in [3.8, 4) is 0 Å². The lowest BCUT2D eigenvalue weighted by atomic mass is 9.88. The molecule has 1 saturated carbocycles. The topological polar surface area (TPSA) is 77.0 Å². The highest BCUT2D eigenvalue weighted by Gasteiger charge is 2.23. The molecule has 2 aliphatic rings. The van der Waals surface area contributed by atoms with Crippen LogP contribution in [-0.2, 0) is 10.0 Å². The highest BCUT2D eigenvalue weighted by molar-refractivity contribution is 14.0. The van der Waals surface area contributed by atoms with Crippen molar-refractivity contribution in [1.82, 2.24) is 19.8 Å². The van der Waals surface area contributed by atoms with Crippen LogP contribution in [0.5, 0.6) is 0 Å². The van der Waals surface area contributed by atoms with Gasteiger partial charge in [-0.3, -0.25) is 4.99 Å². The molecule has 172 valence electrons. The number of piperidine rings is 1. The van der Waals surface area contributed by atoms with E-state index in [-0.39, 0.29) is 29.7 Å². The smallest absolute Gasteiger partial charge is 0.215 e. The van der Waals surface area contributed by atoms with Gasteiger partial charge in [0, 0.05) is 52.4 Å². The fourth-order valence-corrected chi connectivity index (χ4v) is 5.83. The van der Waals surface area contributed by atoms with Gasteiger partial charge in [-0.1, -0.05) is 33.1 Å². The lowest BCUT2D eigenvalue weighted by Gasteiger charge is -2.36. The summed E-state index contributed by atoms with van der Waals surface area (Å²) in [5.41, 5.74) is 0. The maximum atomic E-state index is 12.3. The van der Waals surface area contributed by atoms with Crippen molar-refractivity contribution in [2.75, 3.05) is 52.1 Å². The number of aliphatic imine (C=N–C) groups is 1. The Morgan fingerprint density at radius 2 is 1.69 bits per heavy atom. The fraction of sp³-hybridized carbons (Fsp3) is 0.950. The van der Waals surface area contributed by atoms with E-state index < -0.39 is 10.0 Å². The average molecular weight is 544 g/mol. The zero-order valence-electron chi connectivity index (χ0n) is 18.5. The molecule has 7 nitrogen and oxygen atoms in total. The Balaban J connectivity index is 0.00000420. The average Bonchev–Trinajstić information content (AvgIpc) is 2.70. The van der Waals surface area contributed by atoms with E-state index in [0.29, 0.717) is 31.6 Å². The zero-order valence-corrected chi connectivity index (χ0v) is 21.7. The molecule has 0 spiro atoms. The summed E-state index contributed by atoms with van der Waals surface area (Å²) in [6.45, 7) is 8.70. The third kappa shape index (κ3) is 9.26. The molecule has 0 amide bonds. The van der Waals surface area contributed by atoms with Crippen molar-refractivity contribution in [2.45, 2.75) is 64.8 Å². The van der Waals surface area contributed by atoms with E-state index in [0.717, 1.165) is 31.8 Å². The largest absolute Gasteiger partial charge is 0.355 e. The SMILES string of the molecule is CCN(CC)S(=O)(=O)CCNC(=NC)NC1CCN(CC2CCCCC2)CC1.I. The van der Waals surface area contributed by atoms with Gasteiger partial charge in [-0.15, -0.1) is 24.0 Å². The third-order valence-corrected chi connectivity index (χ3v) is 8.17. The first kappa shape index (κ1) is 26.9. The van der Waals surface area contributed by atoms with E-state index in [4.69, 9.17) is 0 Å². The molecule has 2 N–H and O–H groups in total. The van der Waals surface area contributed by atoms with Gasteiger partial charge in [-0.05, 0) is 31.6 Å². The number of nitrogens with one attached hydrogen (secondary N) is 2. The van der Waals surface area contributed by atoms with Crippen LogP contribution in [0.15, 0.2) is 4.99 Å². The quantitative estimate of drug-likeness (QED) is 0.266. The number of hydrogen-bond donors (Lipinski definition) is 2. The second-order valence-corrected chi connectivity index (χ2v) is 10.2. The van der Waals surface area contributed by atoms with Crippen LogP contribution in [0.1, 0.15) is 58.8 Å². The third-order valence-electron chi connectivity index (χ3n) is 6.14. The molecule has 0 atom stereocenters. The van der Waals surface area contributed by atoms with E-state index in [1.165, 1.54) is 43.0 Å². The highest BCUT2D eigenvalue weighted by Crippen LogP contribution is 2.25. The minimum atomic E-state index is -3.20. The predicted molar refractivity (Wildman–Crippen MR) is 133 cm³/mol. The van der Waals surface area contributed by atoms with E-state index in [2.05, 4.69) is 20.5 Å². The minimum Gasteiger partial charge on any atom is -0.355 e. The first-order valence-corrected chi connectivity index (χ1v) is 12.8. The van der Waals surface area contributed by atoms with E-state index in [9.17, 15) is 8.42 Å². The Morgan fingerprint density at radius 3 is 2.24 bits per heavy atom. The Kier molecular flexibility index (Phi) is 13.0. The molecular formula is C20H42IN5O2S. The number of halogens is 1. The number of hydrogen-bond acceptors (Lipinski definition) is 4. The molecule has 0 aromatic carbocycles. The molecule has 0 bridgehead atoms. The van der Waals surface area contributed by atoms with Crippen LogP contribution >= 0.6 is 24.0 Å². The molecule has 2 rings (SSSR count). The van der Waals surface area contributed by atoms with Crippen LogP contribution in [0.3, 0.4) is 0 Å². The molecule has 1 heterocycles. The first-order valence-electron chi connectivity index (χ1n) is 11.2. The van der Waals surface area contributed by atoms with Crippen molar-refractivity contribution in [2.24, 2.45) is 10.9 Å². The Morgan fingerprint density at radius 1 is 1.07 bits per heavy atom. The van der Waals surface area contributed by atoms with Crippen molar-refractivity contribution >= 4 is 40.0 Å². The maximum absolute atomic E-state index is 12.3. The standard InChI is InChI=1S/C20H41N5O2S.HI/c1-4-25(5-2)28(26,27)16-13-22-20(21-3)23-19-11-14-24(15-12-19)17-18-9-7-6-8-10-18;/h18-19H,4-17H2,1-3H3,(H2,21,22,23);1H. The number of rotatable bonds is 9. The molecule has 1 saturated heterocycles. The van der Waals surface area contributed by atoms with Gasteiger partial charge in [-0.2, -0.15) is 0 Å². The van der Waals surface area contributed by atoms with Gasteiger partial charge >= 0.3 is 0 Å². The number of guanidine groups is 1. The summed E-state index contributed by atoms with van der Waals surface area (Å²) < 4.78 is 26.1. The van der Waals surface area contributed by atoms with Gasteiger partial charge in [0.2, 0.25) is 10.0 Å². The summed E-state index contributed by atoms with van der Waals surface area (Å²) in [6.07, 6.45) is 9.29. The number of sulfonamides is 1. The number of likely N-dealkylation sites (tertiary alicyclic amines) is 1. The molecule has 1 aliphatic heterocycles. The molecule has 0 aromatic heterocycles. The summed E-state index contributed by atoms with van der Waals surface area (Å²) in [5, 5.41) is 6.65. The van der Waals surface area contributed by atoms with Crippen LogP contribution in [0.4, 0.5) is 0 Å². The number of nitrogens with zero attached hydrogens (tertiary/aromatic N) is 3. The van der Waals surface area contributed by atoms with Crippen LogP contribution < -0.4 is 10.6 Å². The molecule has 29 heavy (non-hydrogen) atoms. The maximum Gasteiger partial charge on any atom is 0.215 e. The van der Waals surface area contributed by atoms with E-state index in [1.54, 1.807) is 7.05 Å². The van der Waals surface area contributed by atoms with Gasteiger partial charge in [0.15, 0.2) is 5.96 Å². The zero-order chi connectivity index (χ0) is 20.4. The van der Waals surface area contributed by atoms with Gasteiger partial charge in [0.05, 0.1) is 5.75 Å². The summed E-state index contributed by atoms with van der Waals surface area (Å²) in [4.78, 5) is 6.90. The summed E-state index contributed by atoms with van der Waals surface area (Å²) in [6, 6.07) is 0.410. The van der Waals surface area contributed by atoms with Crippen LogP contribution in [0.25, 0.3) is 0 Å². The van der Waals surface area contributed by atoms with Crippen LogP contribution in [-0.4, -0.2) is 81.7 Å². The second kappa shape index (κ2) is 14.0. The fourth-order valence-electron chi connectivity index (χ4n) is 4.43. The van der Waals surface area contributed by atoms with E-state index in [1.807, 2.05) is 13.8 Å². The van der Waals surface area contributed by atoms with Gasteiger partial charge in [-0.25, -0.2) is 12.7 Å². The lowest BCUT2D eigenvalue weighted by molar-refractivity contribution is 0.160. The molecule has 9 heteroatoms. The summed E-state index contributed by atoms with van der Waals surface area (Å²) >= 11 is 0. The molecule has 0 unspecified atom stereocenters. The second-order valence-electron chi connectivity index (χ2n) is 8.12. The molecule has 0 aromatic rings. The predicted octanol–water partition coefficient (Wildman–Crippen LogP) is 2.49. The van der Waals surface area contributed by atoms with E-state index >= 15 is 0 Å². The Bertz CT molecular complexity index is 569. The normalized spacial score (nSPS) is 20.5.